The second kappa shape index (κ2) is 6.26. The van der Waals surface area contributed by atoms with Gasteiger partial charge >= 0.3 is 0 Å². The second-order valence-corrected chi connectivity index (χ2v) is 4.92. The quantitative estimate of drug-likeness (QED) is 0.850. The lowest BCUT2D eigenvalue weighted by Gasteiger charge is -2.21. The highest BCUT2D eigenvalue weighted by molar-refractivity contribution is 5.96. The molecule has 0 aliphatic rings. The number of carbonyl (C=O) groups is 1. The van der Waals surface area contributed by atoms with Crippen molar-refractivity contribution in [3.8, 4) is 0 Å². The molecule has 2 aromatic carbocycles. The number of hydrogen-bond donors (Lipinski definition) is 2. The molecule has 2 aromatic rings. The number of amides is 1. The monoisotopic (exact) mass is 287 g/mol. The van der Waals surface area contributed by atoms with Crippen LogP contribution in [-0.4, -0.2) is 19.5 Å². The molecule has 0 saturated carbocycles. The fourth-order valence-corrected chi connectivity index (χ4v) is 2.13. The molecule has 0 spiro atoms. The van der Waals surface area contributed by atoms with Gasteiger partial charge in [0.15, 0.2) is 0 Å². The van der Waals surface area contributed by atoms with E-state index < -0.39 is 5.82 Å². The Morgan fingerprint density at radius 2 is 2.00 bits per heavy atom. The normalized spacial score (nSPS) is 10.2. The summed E-state index contributed by atoms with van der Waals surface area (Å²) in [6.07, 6.45) is 0. The van der Waals surface area contributed by atoms with E-state index in [1.807, 2.05) is 43.1 Å². The molecular weight excluding hydrogens is 269 g/mol. The molecule has 0 radical (unpaired) electrons. The maximum absolute atomic E-state index is 13.0. The van der Waals surface area contributed by atoms with Crippen molar-refractivity contribution in [3.63, 3.8) is 0 Å². The van der Waals surface area contributed by atoms with E-state index in [1.54, 1.807) is 0 Å². The van der Waals surface area contributed by atoms with Crippen molar-refractivity contribution < 1.29 is 9.18 Å². The van der Waals surface area contributed by atoms with E-state index >= 15 is 0 Å². The summed E-state index contributed by atoms with van der Waals surface area (Å²) in [5.74, 6) is -0.637. The van der Waals surface area contributed by atoms with Crippen LogP contribution in [0.15, 0.2) is 42.5 Å². The number of para-hydroxylation sites is 1. The van der Waals surface area contributed by atoms with Gasteiger partial charge in [-0.25, -0.2) is 4.39 Å². The molecule has 3 N–H and O–H groups in total. The Morgan fingerprint density at radius 1 is 1.29 bits per heavy atom. The van der Waals surface area contributed by atoms with Gasteiger partial charge < -0.3 is 16.0 Å². The fraction of sp³-hybridized carbons (Fsp3) is 0.188. The molecular formula is C16H18FN3O. The van der Waals surface area contributed by atoms with Crippen molar-refractivity contribution in [2.45, 2.75) is 6.92 Å². The number of nitrogens with two attached hydrogens (primary N) is 1. The first-order valence-corrected chi connectivity index (χ1v) is 6.59. The van der Waals surface area contributed by atoms with Crippen molar-refractivity contribution in [1.82, 2.24) is 0 Å². The van der Waals surface area contributed by atoms with Crippen molar-refractivity contribution in [3.05, 3.63) is 53.8 Å². The van der Waals surface area contributed by atoms with Crippen LogP contribution < -0.4 is 16.0 Å². The Kier molecular flexibility index (Phi) is 4.42. The molecule has 0 aliphatic heterocycles. The Labute approximate surface area is 123 Å². The lowest BCUT2D eigenvalue weighted by atomic mass is 10.2. The minimum atomic E-state index is -0.428. The number of aryl methyl sites for hydroxylation is 1. The first-order chi connectivity index (χ1) is 9.97. The van der Waals surface area contributed by atoms with Gasteiger partial charge in [0.1, 0.15) is 5.82 Å². The van der Waals surface area contributed by atoms with Crippen molar-refractivity contribution >= 4 is 23.0 Å². The molecule has 1 amide bonds. The fourth-order valence-electron chi connectivity index (χ4n) is 2.13. The van der Waals surface area contributed by atoms with E-state index in [0.717, 1.165) is 11.3 Å². The number of anilines is 3. The zero-order valence-electron chi connectivity index (χ0n) is 12.1. The summed E-state index contributed by atoms with van der Waals surface area (Å²) in [5.41, 5.74) is 8.37. The summed E-state index contributed by atoms with van der Waals surface area (Å²) in [7, 11) is 1.84. The minimum Gasteiger partial charge on any atom is -0.397 e. The van der Waals surface area contributed by atoms with Crippen LogP contribution in [0.1, 0.15) is 5.56 Å². The summed E-state index contributed by atoms with van der Waals surface area (Å²) >= 11 is 0. The van der Waals surface area contributed by atoms with E-state index in [9.17, 15) is 9.18 Å². The maximum atomic E-state index is 13.0. The highest BCUT2D eigenvalue weighted by Crippen LogP contribution is 2.20. The number of rotatable bonds is 4. The second-order valence-electron chi connectivity index (χ2n) is 4.92. The molecule has 5 heteroatoms. The zero-order valence-corrected chi connectivity index (χ0v) is 12.1. The third-order valence-corrected chi connectivity index (χ3v) is 3.20. The number of likely N-dealkylation sites (N-methyl/N-ethyl adjacent to an activating group) is 1. The molecule has 0 saturated heterocycles. The number of carbonyl (C=O) groups excluding carboxylic acids is 1. The Balaban J connectivity index is 2.03. The van der Waals surface area contributed by atoms with Gasteiger partial charge in [-0.2, -0.15) is 0 Å². The molecule has 21 heavy (non-hydrogen) atoms. The Bertz CT molecular complexity index is 658. The minimum absolute atomic E-state index is 0.182. The van der Waals surface area contributed by atoms with E-state index in [4.69, 9.17) is 5.73 Å². The van der Waals surface area contributed by atoms with Gasteiger partial charge in [-0.1, -0.05) is 18.2 Å². The molecule has 4 nitrogen and oxygen atoms in total. The number of hydrogen-bond acceptors (Lipinski definition) is 3. The lowest BCUT2D eigenvalue weighted by molar-refractivity contribution is -0.114. The number of nitrogens with one attached hydrogen (secondary N) is 1. The summed E-state index contributed by atoms with van der Waals surface area (Å²) in [6.45, 7) is 2.17. The summed E-state index contributed by atoms with van der Waals surface area (Å²) in [4.78, 5) is 13.9. The first-order valence-electron chi connectivity index (χ1n) is 6.59. The Morgan fingerprint density at radius 3 is 2.67 bits per heavy atom. The van der Waals surface area contributed by atoms with Gasteiger partial charge in [-0.3, -0.25) is 4.79 Å². The number of nitrogen functional groups attached to an aromatic ring is 1. The number of nitrogens with zero attached hydrogens (tertiary/aromatic N) is 1. The van der Waals surface area contributed by atoms with E-state index in [1.165, 1.54) is 18.2 Å². The molecule has 0 unspecified atom stereocenters. The van der Waals surface area contributed by atoms with Crippen LogP contribution in [0, 0.1) is 12.7 Å². The van der Waals surface area contributed by atoms with Crippen LogP contribution in [0.25, 0.3) is 0 Å². The van der Waals surface area contributed by atoms with Crippen molar-refractivity contribution in [2.75, 3.05) is 29.5 Å². The largest absolute Gasteiger partial charge is 0.397 e. The third-order valence-electron chi connectivity index (χ3n) is 3.20. The predicted molar refractivity (Wildman–Crippen MR) is 83.9 cm³/mol. The van der Waals surface area contributed by atoms with E-state index in [2.05, 4.69) is 5.32 Å². The summed E-state index contributed by atoms with van der Waals surface area (Å²) in [5, 5.41) is 2.69. The van der Waals surface area contributed by atoms with Crippen molar-refractivity contribution in [1.29, 1.82) is 0 Å². The third kappa shape index (κ3) is 3.72. The van der Waals surface area contributed by atoms with Gasteiger partial charge in [-0.05, 0) is 36.8 Å². The number of halogens is 1. The predicted octanol–water partition coefficient (Wildman–Crippen LogP) is 2.79. The van der Waals surface area contributed by atoms with Gasteiger partial charge in [0, 0.05) is 12.7 Å². The average Bonchev–Trinajstić information content (AvgIpc) is 2.42. The van der Waals surface area contributed by atoms with Gasteiger partial charge in [0.25, 0.3) is 0 Å². The molecule has 0 aliphatic carbocycles. The van der Waals surface area contributed by atoms with Crippen LogP contribution in [0.3, 0.4) is 0 Å². The van der Waals surface area contributed by atoms with E-state index in [-0.39, 0.29) is 18.1 Å². The Hall–Kier alpha value is -2.56. The molecule has 2 rings (SSSR count). The van der Waals surface area contributed by atoms with Crippen LogP contribution in [0.4, 0.5) is 21.5 Å². The highest BCUT2D eigenvalue weighted by atomic mass is 19.1. The smallest absolute Gasteiger partial charge is 0.243 e. The van der Waals surface area contributed by atoms with Gasteiger partial charge in [0.05, 0.1) is 17.9 Å². The summed E-state index contributed by atoms with van der Waals surface area (Å²) < 4.78 is 13.0. The van der Waals surface area contributed by atoms with E-state index in [0.29, 0.717) is 5.69 Å². The lowest BCUT2D eigenvalue weighted by Crippen LogP contribution is -2.30. The molecule has 110 valence electrons. The van der Waals surface area contributed by atoms with Crippen LogP contribution >= 0.6 is 0 Å². The SMILES string of the molecule is Cc1ccccc1N(C)CC(=O)Nc1ccc(F)cc1N. The zero-order chi connectivity index (χ0) is 15.4. The molecule has 0 heterocycles. The van der Waals surface area contributed by atoms with Crippen LogP contribution in [0.5, 0.6) is 0 Å². The molecule has 0 aromatic heterocycles. The summed E-state index contributed by atoms with van der Waals surface area (Å²) in [6, 6.07) is 11.7. The molecule has 0 atom stereocenters. The number of benzene rings is 2. The molecule has 0 bridgehead atoms. The molecule has 0 fully saturated rings. The average molecular weight is 287 g/mol. The van der Waals surface area contributed by atoms with Gasteiger partial charge in [-0.15, -0.1) is 0 Å². The van der Waals surface area contributed by atoms with Crippen molar-refractivity contribution in [2.24, 2.45) is 0 Å². The van der Waals surface area contributed by atoms with Gasteiger partial charge in [0.2, 0.25) is 5.91 Å². The topological polar surface area (TPSA) is 58.4 Å². The maximum Gasteiger partial charge on any atom is 0.243 e. The standard InChI is InChI=1S/C16H18FN3O/c1-11-5-3-4-6-15(11)20(2)10-16(21)19-14-8-7-12(17)9-13(14)18/h3-9H,10,18H2,1-2H3,(H,19,21). The van der Waals surface area contributed by atoms with Crippen LogP contribution in [0.2, 0.25) is 0 Å². The first kappa shape index (κ1) is 14.8. The highest BCUT2D eigenvalue weighted by Gasteiger charge is 2.11. The van der Waals surface area contributed by atoms with Crippen LogP contribution in [-0.2, 0) is 4.79 Å².